The average molecular weight is 520 g/mol. The number of hydrazone groups is 1. The Morgan fingerprint density at radius 3 is 2.47 bits per heavy atom. The number of benzene rings is 3. The Morgan fingerprint density at radius 1 is 1.09 bits per heavy atom. The first-order valence-corrected chi connectivity index (χ1v) is 12.8. The zero-order chi connectivity index (χ0) is 24.7. The molecule has 1 N–H and O–H groups in total. The minimum Gasteiger partial charge on any atom is -0.489 e. The number of hydrogen-bond acceptors (Lipinski definition) is 5. The maximum absolute atomic E-state index is 12.4. The molecule has 0 radical (unpaired) electrons. The van der Waals surface area contributed by atoms with Gasteiger partial charge in [-0.3, -0.25) is 9.10 Å². The van der Waals surface area contributed by atoms with E-state index in [0.29, 0.717) is 33.7 Å². The second-order valence-corrected chi connectivity index (χ2v) is 10.2. The molecule has 34 heavy (non-hydrogen) atoms. The minimum absolute atomic E-state index is 0.336. The molecule has 3 rings (SSSR count). The lowest BCUT2D eigenvalue weighted by Crippen LogP contribution is -2.39. The monoisotopic (exact) mass is 519 g/mol. The van der Waals surface area contributed by atoms with Crippen molar-refractivity contribution in [3.05, 3.63) is 93.5 Å². The summed E-state index contributed by atoms with van der Waals surface area (Å²) in [4.78, 5) is 12.4. The van der Waals surface area contributed by atoms with Gasteiger partial charge >= 0.3 is 0 Å². The summed E-state index contributed by atoms with van der Waals surface area (Å²) in [6.07, 6.45) is 2.48. The van der Waals surface area contributed by atoms with Crippen molar-refractivity contribution in [1.29, 1.82) is 0 Å². The second-order valence-electron chi connectivity index (χ2n) is 7.43. The maximum Gasteiger partial charge on any atom is 0.260 e. The number of amides is 1. The van der Waals surface area contributed by atoms with Gasteiger partial charge in [0.2, 0.25) is 10.0 Å². The van der Waals surface area contributed by atoms with Crippen molar-refractivity contribution in [1.82, 2.24) is 5.43 Å². The molecular weight excluding hydrogens is 497 g/mol. The molecule has 10 heteroatoms. The molecule has 0 aliphatic carbocycles. The van der Waals surface area contributed by atoms with Crippen molar-refractivity contribution in [2.75, 3.05) is 17.1 Å². The van der Waals surface area contributed by atoms with E-state index >= 15 is 0 Å². The molecule has 0 unspecified atom stereocenters. The van der Waals surface area contributed by atoms with Gasteiger partial charge in [-0.15, -0.1) is 0 Å². The SMILES string of the molecule is Cc1c(Cl)cccc1N(CC(=O)N/N=C\c1ccc(OCc2cccc(Cl)c2)cc1)S(C)(=O)=O. The van der Waals surface area contributed by atoms with E-state index in [2.05, 4.69) is 10.5 Å². The summed E-state index contributed by atoms with van der Waals surface area (Å²) in [5.41, 5.74) is 4.92. The van der Waals surface area contributed by atoms with Crippen LogP contribution in [0.2, 0.25) is 10.0 Å². The Kier molecular flexibility index (Phi) is 8.55. The molecule has 0 atom stereocenters. The number of carbonyl (C=O) groups is 1. The third-order valence-corrected chi connectivity index (χ3v) is 6.54. The van der Waals surface area contributed by atoms with Crippen molar-refractivity contribution in [2.24, 2.45) is 5.10 Å². The van der Waals surface area contributed by atoms with Gasteiger partial charge in [-0.25, -0.2) is 13.8 Å². The van der Waals surface area contributed by atoms with Crippen LogP contribution in [0.4, 0.5) is 5.69 Å². The van der Waals surface area contributed by atoms with Gasteiger partial charge in [-0.05, 0) is 72.1 Å². The molecule has 0 aromatic heterocycles. The number of sulfonamides is 1. The summed E-state index contributed by atoms with van der Waals surface area (Å²) in [6, 6.07) is 19.4. The van der Waals surface area contributed by atoms with Gasteiger partial charge in [-0.1, -0.05) is 41.4 Å². The number of anilines is 1. The van der Waals surface area contributed by atoms with Crippen LogP contribution in [0.1, 0.15) is 16.7 Å². The molecule has 0 aliphatic heterocycles. The molecule has 1 amide bonds. The summed E-state index contributed by atoms with van der Waals surface area (Å²) < 4.78 is 31.3. The first kappa shape index (κ1) is 25.6. The van der Waals surface area contributed by atoms with E-state index in [9.17, 15) is 13.2 Å². The van der Waals surface area contributed by atoms with Crippen molar-refractivity contribution in [2.45, 2.75) is 13.5 Å². The Balaban J connectivity index is 1.57. The standard InChI is InChI=1S/C24H23Cl2N3O4S/c1-17-22(26)7-4-8-23(17)29(34(2,31)32)15-24(30)28-27-14-18-9-11-21(12-10-18)33-16-19-5-3-6-20(25)13-19/h3-14H,15-16H2,1-2H3,(H,28,30)/b27-14-. The number of ether oxygens (including phenoxy) is 1. The summed E-state index contributed by atoms with van der Waals surface area (Å²) in [5, 5.41) is 4.97. The van der Waals surface area contributed by atoms with Gasteiger partial charge in [0, 0.05) is 10.0 Å². The lowest BCUT2D eigenvalue weighted by molar-refractivity contribution is -0.119. The minimum atomic E-state index is -3.72. The molecule has 3 aromatic carbocycles. The van der Waals surface area contributed by atoms with Crippen molar-refractivity contribution < 1.29 is 17.9 Å². The van der Waals surface area contributed by atoms with Gasteiger partial charge in [0.05, 0.1) is 18.2 Å². The van der Waals surface area contributed by atoms with Gasteiger partial charge < -0.3 is 4.74 Å². The van der Waals surface area contributed by atoms with E-state index in [1.807, 2.05) is 18.2 Å². The predicted octanol–water partition coefficient (Wildman–Crippen LogP) is 4.80. The second kappa shape index (κ2) is 11.4. The lowest BCUT2D eigenvalue weighted by Gasteiger charge is -2.23. The third-order valence-electron chi connectivity index (χ3n) is 4.77. The summed E-state index contributed by atoms with van der Waals surface area (Å²) in [5.74, 6) is 0.0735. The van der Waals surface area contributed by atoms with Crippen LogP contribution in [0.3, 0.4) is 0 Å². The highest BCUT2D eigenvalue weighted by molar-refractivity contribution is 7.92. The van der Waals surface area contributed by atoms with E-state index in [1.54, 1.807) is 55.5 Å². The fourth-order valence-corrected chi connectivity index (χ4v) is 4.32. The molecule has 7 nitrogen and oxygen atoms in total. The van der Waals surface area contributed by atoms with Crippen LogP contribution in [0, 0.1) is 6.92 Å². The van der Waals surface area contributed by atoms with Crippen LogP contribution >= 0.6 is 23.2 Å². The van der Waals surface area contributed by atoms with Crippen LogP contribution in [-0.2, 0) is 21.4 Å². The highest BCUT2D eigenvalue weighted by atomic mass is 35.5. The fourth-order valence-electron chi connectivity index (χ4n) is 3.04. The van der Waals surface area contributed by atoms with Gasteiger partial charge in [0.1, 0.15) is 18.9 Å². The van der Waals surface area contributed by atoms with Crippen LogP contribution in [0.5, 0.6) is 5.75 Å². The molecule has 0 aliphatic rings. The van der Waals surface area contributed by atoms with E-state index in [0.717, 1.165) is 21.7 Å². The first-order chi connectivity index (χ1) is 16.1. The van der Waals surface area contributed by atoms with Crippen molar-refractivity contribution in [3.8, 4) is 5.75 Å². The quantitative estimate of drug-likeness (QED) is 0.325. The van der Waals surface area contributed by atoms with E-state index in [-0.39, 0.29) is 0 Å². The van der Waals surface area contributed by atoms with E-state index < -0.39 is 22.5 Å². The van der Waals surface area contributed by atoms with Crippen LogP contribution in [0.15, 0.2) is 71.8 Å². The van der Waals surface area contributed by atoms with E-state index in [1.165, 1.54) is 6.21 Å². The van der Waals surface area contributed by atoms with Crippen LogP contribution in [0.25, 0.3) is 0 Å². The Hall–Kier alpha value is -3.07. The molecule has 0 spiro atoms. The zero-order valence-electron chi connectivity index (χ0n) is 18.5. The van der Waals surface area contributed by atoms with Gasteiger partial charge in [-0.2, -0.15) is 5.10 Å². The first-order valence-electron chi connectivity index (χ1n) is 10.2. The number of carbonyl (C=O) groups excluding carboxylic acids is 1. The summed E-state index contributed by atoms with van der Waals surface area (Å²) >= 11 is 12.1. The van der Waals surface area contributed by atoms with Crippen molar-refractivity contribution >= 4 is 51.0 Å². The molecule has 3 aromatic rings. The number of halogens is 2. The largest absolute Gasteiger partial charge is 0.489 e. The Bertz CT molecular complexity index is 1300. The molecular formula is C24H23Cl2N3O4S. The number of nitrogens with zero attached hydrogens (tertiary/aromatic N) is 2. The topological polar surface area (TPSA) is 88.1 Å². The molecule has 0 bridgehead atoms. The highest BCUT2D eigenvalue weighted by Gasteiger charge is 2.22. The molecule has 178 valence electrons. The predicted molar refractivity (Wildman–Crippen MR) is 136 cm³/mol. The summed E-state index contributed by atoms with van der Waals surface area (Å²) in [6.45, 7) is 1.63. The zero-order valence-corrected chi connectivity index (χ0v) is 20.9. The Labute approximate surface area is 209 Å². The molecule has 0 fully saturated rings. The van der Waals surface area contributed by atoms with Crippen molar-refractivity contribution in [3.63, 3.8) is 0 Å². The number of hydrogen-bond donors (Lipinski definition) is 1. The third kappa shape index (κ3) is 7.21. The fraction of sp³-hybridized carbons (Fsp3) is 0.167. The van der Waals surface area contributed by atoms with Crippen LogP contribution < -0.4 is 14.5 Å². The highest BCUT2D eigenvalue weighted by Crippen LogP contribution is 2.28. The maximum atomic E-state index is 12.4. The van der Waals surface area contributed by atoms with E-state index in [4.69, 9.17) is 27.9 Å². The average Bonchev–Trinajstić information content (AvgIpc) is 2.78. The Morgan fingerprint density at radius 2 is 1.79 bits per heavy atom. The number of nitrogens with one attached hydrogen (secondary N) is 1. The van der Waals surface area contributed by atoms with Gasteiger partial charge in [0.15, 0.2) is 0 Å². The molecule has 0 saturated carbocycles. The van der Waals surface area contributed by atoms with Gasteiger partial charge in [0.25, 0.3) is 5.91 Å². The van der Waals surface area contributed by atoms with Crippen LogP contribution in [-0.4, -0.2) is 33.3 Å². The molecule has 0 saturated heterocycles. The molecule has 0 heterocycles. The smallest absolute Gasteiger partial charge is 0.260 e. The number of rotatable bonds is 9. The lowest BCUT2D eigenvalue weighted by atomic mass is 10.2. The summed E-state index contributed by atoms with van der Waals surface area (Å²) in [7, 11) is -3.72. The normalized spacial score (nSPS) is 11.4.